The predicted molar refractivity (Wildman–Crippen MR) is 209 cm³/mol. The molecule has 240 valence electrons. The molecule has 0 aliphatic heterocycles. The second kappa shape index (κ2) is 11.1. The molecule has 0 saturated heterocycles. The molecular formula is C46H40N2O. The van der Waals surface area contributed by atoms with Crippen molar-refractivity contribution in [3.8, 4) is 17.1 Å². The van der Waals surface area contributed by atoms with E-state index in [1.807, 2.05) is 13.8 Å². The number of hydrogen-bond acceptors (Lipinski definition) is 2. The Kier molecular flexibility index (Phi) is 6.46. The minimum atomic E-state index is -0.850. The molecule has 0 atom stereocenters. The molecule has 9 aromatic rings. The van der Waals surface area contributed by atoms with Crippen molar-refractivity contribution in [1.82, 2.24) is 9.55 Å². The van der Waals surface area contributed by atoms with Gasteiger partial charge in [0.1, 0.15) is 17.0 Å². The van der Waals surface area contributed by atoms with E-state index in [0.717, 1.165) is 60.7 Å². The molecule has 0 fully saturated rings. The Morgan fingerprint density at radius 1 is 0.592 bits per heavy atom. The Morgan fingerprint density at radius 3 is 1.96 bits per heavy atom. The van der Waals surface area contributed by atoms with Gasteiger partial charge in [-0.3, -0.25) is 4.57 Å². The molecule has 0 amide bonds. The SMILES string of the molecule is [2H]C(C)(C)c1ccc(-c2nc3ccc4ccccc4c3n2-c2c(C(C)C)cccc2C(C)C)c2oc3cc4c(ccc5ccccc54)cc3c12. The van der Waals surface area contributed by atoms with Gasteiger partial charge in [-0.2, -0.15) is 0 Å². The third-order valence-corrected chi connectivity index (χ3v) is 10.4. The molecule has 0 spiro atoms. The van der Waals surface area contributed by atoms with E-state index in [2.05, 4.69) is 148 Å². The van der Waals surface area contributed by atoms with E-state index >= 15 is 0 Å². The number of rotatable bonds is 5. The first-order valence-electron chi connectivity index (χ1n) is 17.9. The Morgan fingerprint density at radius 2 is 1.24 bits per heavy atom. The summed E-state index contributed by atoms with van der Waals surface area (Å²) in [7, 11) is 0. The fourth-order valence-electron chi connectivity index (χ4n) is 7.98. The molecule has 0 saturated carbocycles. The molecule has 9 rings (SSSR count). The van der Waals surface area contributed by atoms with Crippen LogP contribution in [0.5, 0.6) is 0 Å². The Hall–Kier alpha value is -5.41. The number of furan rings is 1. The van der Waals surface area contributed by atoms with Crippen LogP contribution in [0, 0.1) is 0 Å². The van der Waals surface area contributed by atoms with E-state index in [-0.39, 0.29) is 0 Å². The van der Waals surface area contributed by atoms with Crippen LogP contribution in [-0.2, 0) is 0 Å². The maximum atomic E-state index is 9.26. The number of para-hydroxylation sites is 1. The first kappa shape index (κ1) is 28.6. The molecule has 3 heteroatoms. The van der Waals surface area contributed by atoms with Crippen LogP contribution in [0.4, 0.5) is 0 Å². The van der Waals surface area contributed by atoms with Gasteiger partial charge in [-0.15, -0.1) is 0 Å². The van der Waals surface area contributed by atoms with E-state index in [0.29, 0.717) is 11.8 Å². The van der Waals surface area contributed by atoms with Crippen molar-refractivity contribution < 1.29 is 5.79 Å². The van der Waals surface area contributed by atoms with Crippen LogP contribution in [0.3, 0.4) is 0 Å². The van der Waals surface area contributed by atoms with Crippen molar-refractivity contribution in [2.24, 2.45) is 0 Å². The Bertz CT molecular complexity index is 2780. The standard InChI is InChI=1S/C46H40N2O/c1-26(2)32-21-22-37(45-42(32)39-24-31-19-18-29-12-7-9-14-35(29)38(31)25-41(39)49-45)46-47-40-23-20-30-13-8-10-15-36(30)44(40)48(46)43-33(27(3)4)16-11-17-34(43)28(5)6/h7-28H,1-6H3/i26D. The third kappa shape index (κ3) is 4.45. The topological polar surface area (TPSA) is 31.0 Å². The molecule has 7 aromatic carbocycles. The highest BCUT2D eigenvalue weighted by Crippen LogP contribution is 2.45. The van der Waals surface area contributed by atoms with Gasteiger partial charge in [-0.1, -0.05) is 133 Å². The molecule has 3 nitrogen and oxygen atoms in total. The molecule has 0 aliphatic carbocycles. The minimum Gasteiger partial charge on any atom is -0.455 e. The summed E-state index contributed by atoms with van der Waals surface area (Å²) in [6, 6.07) is 41.3. The lowest BCUT2D eigenvalue weighted by molar-refractivity contribution is 0.669. The summed E-state index contributed by atoms with van der Waals surface area (Å²) in [6.07, 6.45) is 0. The Labute approximate surface area is 288 Å². The first-order chi connectivity index (χ1) is 24.1. The van der Waals surface area contributed by atoms with Crippen molar-refractivity contribution in [3.63, 3.8) is 0 Å². The van der Waals surface area contributed by atoms with Crippen molar-refractivity contribution in [3.05, 3.63) is 132 Å². The smallest absolute Gasteiger partial charge is 0.149 e. The fourth-order valence-corrected chi connectivity index (χ4v) is 7.98. The molecule has 0 aliphatic rings. The summed E-state index contributed by atoms with van der Waals surface area (Å²) < 4.78 is 18.7. The summed E-state index contributed by atoms with van der Waals surface area (Å²) in [6.45, 7) is 13.0. The van der Waals surface area contributed by atoms with Gasteiger partial charge in [-0.05, 0) is 85.6 Å². The van der Waals surface area contributed by atoms with Crippen LogP contribution >= 0.6 is 0 Å². The van der Waals surface area contributed by atoms with Crippen LogP contribution in [0.2, 0.25) is 0 Å². The average Bonchev–Trinajstić information content (AvgIpc) is 3.68. The summed E-state index contributed by atoms with van der Waals surface area (Å²) in [4.78, 5) is 5.47. The largest absolute Gasteiger partial charge is 0.455 e. The lowest BCUT2D eigenvalue weighted by Crippen LogP contribution is -2.09. The van der Waals surface area contributed by atoms with Crippen molar-refractivity contribution in [2.75, 3.05) is 0 Å². The number of hydrogen-bond donors (Lipinski definition) is 0. The van der Waals surface area contributed by atoms with E-state index in [1.165, 1.54) is 38.4 Å². The average molecular weight is 638 g/mol. The number of fused-ring (bicyclic) bond motifs is 9. The van der Waals surface area contributed by atoms with Gasteiger partial charge in [0.2, 0.25) is 0 Å². The summed E-state index contributed by atoms with van der Waals surface area (Å²) in [5.41, 5.74) is 9.25. The highest BCUT2D eigenvalue weighted by molar-refractivity contribution is 6.18. The van der Waals surface area contributed by atoms with E-state index in [1.54, 1.807) is 0 Å². The number of imidazole rings is 1. The summed E-state index contributed by atoms with van der Waals surface area (Å²) >= 11 is 0. The number of benzene rings is 7. The maximum absolute atomic E-state index is 9.26. The monoisotopic (exact) mass is 637 g/mol. The van der Waals surface area contributed by atoms with E-state index < -0.39 is 5.89 Å². The Balaban J connectivity index is 1.47. The molecular weight excluding hydrogens is 597 g/mol. The molecule has 2 aromatic heterocycles. The minimum absolute atomic E-state index is 0.295. The van der Waals surface area contributed by atoms with Crippen molar-refractivity contribution >= 4 is 65.3 Å². The lowest BCUT2D eigenvalue weighted by atomic mass is 9.91. The van der Waals surface area contributed by atoms with Gasteiger partial charge in [0, 0.05) is 17.5 Å². The highest BCUT2D eigenvalue weighted by Gasteiger charge is 2.27. The molecule has 0 unspecified atom stereocenters. The predicted octanol–water partition coefficient (Wildman–Crippen LogP) is 13.4. The van der Waals surface area contributed by atoms with E-state index in [4.69, 9.17) is 9.40 Å². The highest BCUT2D eigenvalue weighted by atomic mass is 16.3. The zero-order chi connectivity index (χ0) is 34.5. The lowest BCUT2D eigenvalue weighted by Gasteiger charge is -2.23. The second-order valence-electron chi connectivity index (χ2n) is 14.3. The molecule has 49 heavy (non-hydrogen) atoms. The first-order valence-corrected chi connectivity index (χ1v) is 17.4. The normalized spacial score (nSPS) is 12.9. The van der Waals surface area contributed by atoms with Crippen LogP contribution in [0.15, 0.2) is 120 Å². The van der Waals surface area contributed by atoms with Gasteiger partial charge in [0.15, 0.2) is 0 Å². The van der Waals surface area contributed by atoms with Crippen molar-refractivity contribution in [1.29, 1.82) is 0 Å². The molecule has 0 bridgehead atoms. The zero-order valence-corrected chi connectivity index (χ0v) is 28.9. The van der Waals surface area contributed by atoms with Crippen LogP contribution in [-0.4, -0.2) is 9.55 Å². The second-order valence-corrected chi connectivity index (χ2v) is 14.3. The van der Waals surface area contributed by atoms with Gasteiger partial charge in [0.05, 0.1) is 22.3 Å². The maximum Gasteiger partial charge on any atom is 0.149 e. The van der Waals surface area contributed by atoms with Crippen LogP contribution in [0.25, 0.3) is 82.4 Å². The van der Waals surface area contributed by atoms with Crippen molar-refractivity contribution in [2.45, 2.75) is 59.3 Å². The van der Waals surface area contributed by atoms with Gasteiger partial charge in [-0.25, -0.2) is 4.98 Å². The van der Waals surface area contributed by atoms with E-state index in [9.17, 15) is 1.37 Å². The van der Waals surface area contributed by atoms with Gasteiger partial charge >= 0.3 is 0 Å². The summed E-state index contributed by atoms with van der Waals surface area (Å²) in [5, 5.41) is 9.08. The van der Waals surface area contributed by atoms with Crippen LogP contribution in [0.1, 0.15) is 77.3 Å². The number of nitrogens with zero attached hydrogens (tertiary/aromatic N) is 2. The molecule has 0 radical (unpaired) electrons. The van der Waals surface area contributed by atoms with Gasteiger partial charge in [0.25, 0.3) is 0 Å². The molecule has 2 heterocycles. The molecule has 0 N–H and O–H groups in total. The zero-order valence-electron chi connectivity index (χ0n) is 29.9. The third-order valence-electron chi connectivity index (χ3n) is 10.4. The fraction of sp³-hybridized carbons (Fsp3) is 0.196. The quantitative estimate of drug-likeness (QED) is 0.176. The van der Waals surface area contributed by atoms with Gasteiger partial charge < -0.3 is 4.42 Å². The number of aromatic nitrogens is 2. The van der Waals surface area contributed by atoms with Crippen LogP contribution < -0.4 is 0 Å². The summed E-state index contributed by atoms with van der Waals surface area (Å²) in [5.74, 6) is 0.588.